The Labute approximate surface area is 185 Å². The molecule has 0 radical (unpaired) electrons. The van der Waals surface area contributed by atoms with Crippen molar-refractivity contribution >= 4 is 28.9 Å². The topological polar surface area (TPSA) is 61.8 Å². The van der Waals surface area contributed by atoms with E-state index in [0.717, 1.165) is 5.56 Å². The molecule has 0 aliphatic carbocycles. The van der Waals surface area contributed by atoms with E-state index in [1.165, 1.54) is 12.1 Å². The minimum atomic E-state index is -1.12. The lowest BCUT2D eigenvalue weighted by Crippen LogP contribution is -2.48. The Kier molecular flexibility index (Phi) is 6.08. The summed E-state index contributed by atoms with van der Waals surface area (Å²) >= 11 is 6.25. The number of carbonyl (C=O) groups excluding carboxylic acids is 1. The fourth-order valence-electron chi connectivity index (χ4n) is 4.24. The molecule has 8 heteroatoms. The number of fused-ring (bicyclic) bond motifs is 1. The zero-order valence-electron chi connectivity index (χ0n) is 17.3. The predicted molar refractivity (Wildman–Crippen MR) is 116 cm³/mol. The van der Waals surface area contributed by atoms with Crippen molar-refractivity contribution in [3.63, 3.8) is 0 Å². The van der Waals surface area contributed by atoms with Gasteiger partial charge >= 0.3 is 0 Å². The van der Waals surface area contributed by atoms with Crippen LogP contribution in [0, 0.1) is 18.6 Å². The molecule has 2 aromatic carbocycles. The van der Waals surface area contributed by atoms with E-state index in [1.807, 2.05) is 0 Å². The first-order chi connectivity index (χ1) is 14.8. The Morgan fingerprint density at radius 3 is 2.55 bits per heavy atom. The normalized spacial score (nSPS) is 18.2. The Morgan fingerprint density at radius 2 is 1.87 bits per heavy atom. The number of anilines is 2. The number of benzene rings is 2. The summed E-state index contributed by atoms with van der Waals surface area (Å²) in [5, 5.41) is 14.3. The van der Waals surface area contributed by atoms with Gasteiger partial charge in [-0.25, -0.2) is 8.78 Å². The number of nitrogens with zero attached hydrogens (tertiary/aromatic N) is 1. The molecule has 4 rings (SSSR count). The van der Waals surface area contributed by atoms with Gasteiger partial charge < -0.3 is 20.1 Å². The number of halogens is 3. The molecule has 1 fully saturated rings. The number of aryl methyl sites for hydroxylation is 1. The number of carbonyl (C=O) groups is 1. The third kappa shape index (κ3) is 4.62. The number of hydrogen-bond acceptors (Lipinski definition) is 4. The van der Waals surface area contributed by atoms with Gasteiger partial charge in [-0.05, 0) is 62.4 Å². The molecule has 166 valence electrons. The second-order valence-corrected chi connectivity index (χ2v) is 8.79. The molecule has 0 saturated carbocycles. The first-order valence-corrected chi connectivity index (χ1v) is 10.8. The average Bonchev–Trinajstić information content (AvgIpc) is 2.91. The minimum Gasteiger partial charge on any atom is -0.490 e. The van der Waals surface area contributed by atoms with Crippen molar-refractivity contribution in [1.82, 2.24) is 0 Å². The first-order valence-electron chi connectivity index (χ1n) is 10.4. The van der Waals surface area contributed by atoms with Crippen LogP contribution in [0.3, 0.4) is 0 Å². The Balaban J connectivity index is 1.44. The molecular weight excluding hydrogens is 426 g/mol. The fraction of sp³-hybridized carbons (Fsp3) is 0.435. The third-order valence-corrected chi connectivity index (χ3v) is 6.30. The van der Waals surface area contributed by atoms with E-state index in [0.29, 0.717) is 67.2 Å². The van der Waals surface area contributed by atoms with E-state index in [1.54, 1.807) is 24.0 Å². The molecule has 5 nitrogen and oxygen atoms in total. The zero-order chi connectivity index (χ0) is 22.2. The molecule has 2 heterocycles. The second kappa shape index (κ2) is 8.63. The van der Waals surface area contributed by atoms with E-state index < -0.39 is 17.2 Å². The van der Waals surface area contributed by atoms with E-state index >= 15 is 0 Å². The molecule has 0 aromatic heterocycles. The van der Waals surface area contributed by atoms with Crippen molar-refractivity contribution in [3.05, 3.63) is 52.0 Å². The maximum Gasteiger partial charge on any atom is 0.224 e. The van der Waals surface area contributed by atoms with Crippen LogP contribution in [-0.2, 0) is 11.2 Å². The van der Waals surface area contributed by atoms with Crippen LogP contribution in [0.1, 0.15) is 36.8 Å². The van der Waals surface area contributed by atoms with Gasteiger partial charge in [0.1, 0.15) is 35.3 Å². The van der Waals surface area contributed by atoms with Gasteiger partial charge in [-0.15, -0.1) is 0 Å². The number of amides is 1. The summed E-state index contributed by atoms with van der Waals surface area (Å²) in [4.78, 5) is 13.5. The van der Waals surface area contributed by atoms with E-state index in [-0.39, 0.29) is 18.2 Å². The third-order valence-electron chi connectivity index (χ3n) is 5.98. The molecular formula is C23H25ClF2N2O3. The number of piperidine rings is 1. The number of rotatable bonds is 4. The highest BCUT2D eigenvalue weighted by atomic mass is 35.5. The fourth-order valence-corrected chi connectivity index (χ4v) is 4.47. The van der Waals surface area contributed by atoms with E-state index in [2.05, 4.69) is 5.32 Å². The Hall–Kier alpha value is -2.38. The summed E-state index contributed by atoms with van der Waals surface area (Å²) in [5.74, 6) is -0.692. The van der Waals surface area contributed by atoms with Gasteiger partial charge in [0.25, 0.3) is 0 Å². The van der Waals surface area contributed by atoms with Gasteiger partial charge in [0.2, 0.25) is 5.91 Å². The SMILES string of the molecule is Cc1cc(F)c(N2CCC(O)(COc3ccc(Cl)c4c3CCCC(=O)N4)CC2)c(F)c1. The van der Waals surface area contributed by atoms with Gasteiger partial charge in [0, 0.05) is 25.1 Å². The molecule has 0 unspecified atom stereocenters. The van der Waals surface area contributed by atoms with Crippen LogP contribution in [0.5, 0.6) is 5.75 Å². The molecule has 0 spiro atoms. The quantitative estimate of drug-likeness (QED) is 0.714. The molecule has 2 N–H and O–H groups in total. The monoisotopic (exact) mass is 450 g/mol. The Morgan fingerprint density at radius 1 is 1.19 bits per heavy atom. The average molecular weight is 451 g/mol. The van der Waals surface area contributed by atoms with Crippen LogP contribution in [0.2, 0.25) is 5.02 Å². The predicted octanol–water partition coefficient (Wildman–Crippen LogP) is 4.61. The summed E-state index contributed by atoms with van der Waals surface area (Å²) < 4.78 is 34.6. The molecule has 1 amide bonds. The summed E-state index contributed by atoms with van der Waals surface area (Å²) in [5.41, 5.74) is 0.748. The summed E-state index contributed by atoms with van der Waals surface area (Å²) in [6.07, 6.45) is 2.36. The standard InChI is InChI=1S/C23H25ClF2N2O3/c1-14-11-17(25)22(18(26)12-14)28-9-7-23(30,8-10-28)13-31-19-6-5-16(24)21-15(19)3-2-4-20(29)27-21/h5-6,11-12,30H,2-4,7-10,13H2,1H3,(H,27,29). The molecule has 2 aliphatic heterocycles. The van der Waals surface area contributed by atoms with Crippen LogP contribution >= 0.6 is 11.6 Å². The lowest BCUT2D eigenvalue weighted by atomic mass is 9.92. The zero-order valence-corrected chi connectivity index (χ0v) is 18.1. The summed E-state index contributed by atoms with van der Waals surface area (Å²) in [7, 11) is 0. The lowest BCUT2D eigenvalue weighted by molar-refractivity contribution is -0.116. The number of ether oxygens (including phenoxy) is 1. The van der Waals surface area contributed by atoms with Gasteiger partial charge in [0.05, 0.1) is 10.7 Å². The van der Waals surface area contributed by atoms with Crippen LogP contribution in [-0.4, -0.2) is 36.3 Å². The van der Waals surface area contributed by atoms with Crippen molar-refractivity contribution in [2.75, 3.05) is 29.9 Å². The summed E-state index contributed by atoms with van der Waals surface area (Å²) in [6, 6.07) is 6.03. The maximum atomic E-state index is 14.3. The van der Waals surface area contributed by atoms with Crippen molar-refractivity contribution < 1.29 is 23.4 Å². The van der Waals surface area contributed by atoms with Gasteiger partial charge in [-0.2, -0.15) is 0 Å². The number of nitrogens with one attached hydrogen (secondary N) is 1. The minimum absolute atomic E-state index is 0.0434. The van der Waals surface area contributed by atoms with Crippen LogP contribution in [0.15, 0.2) is 24.3 Å². The van der Waals surface area contributed by atoms with Crippen molar-refractivity contribution in [3.8, 4) is 5.75 Å². The van der Waals surface area contributed by atoms with Gasteiger partial charge in [-0.1, -0.05) is 11.6 Å². The van der Waals surface area contributed by atoms with Crippen molar-refractivity contribution in [1.29, 1.82) is 0 Å². The van der Waals surface area contributed by atoms with Gasteiger partial charge in [0.15, 0.2) is 0 Å². The number of hydrogen-bond donors (Lipinski definition) is 2. The Bertz CT molecular complexity index is 984. The molecule has 2 aromatic rings. The molecule has 2 aliphatic rings. The molecule has 0 bridgehead atoms. The van der Waals surface area contributed by atoms with Gasteiger partial charge in [-0.3, -0.25) is 4.79 Å². The molecule has 1 saturated heterocycles. The maximum absolute atomic E-state index is 14.3. The smallest absolute Gasteiger partial charge is 0.224 e. The highest BCUT2D eigenvalue weighted by molar-refractivity contribution is 6.34. The van der Waals surface area contributed by atoms with Crippen molar-refractivity contribution in [2.45, 2.75) is 44.6 Å². The largest absolute Gasteiger partial charge is 0.490 e. The second-order valence-electron chi connectivity index (χ2n) is 8.38. The highest BCUT2D eigenvalue weighted by Crippen LogP contribution is 2.37. The van der Waals surface area contributed by atoms with Crippen LogP contribution in [0.4, 0.5) is 20.2 Å². The lowest BCUT2D eigenvalue weighted by Gasteiger charge is -2.39. The first kappa shape index (κ1) is 21.8. The van der Waals surface area contributed by atoms with Crippen molar-refractivity contribution in [2.24, 2.45) is 0 Å². The summed E-state index contributed by atoms with van der Waals surface area (Å²) in [6.45, 7) is 2.31. The highest BCUT2D eigenvalue weighted by Gasteiger charge is 2.35. The van der Waals surface area contributed by atoms with E-state index in [9.17, 15) is 18.7 Å². The molecule has 0 atom stereocenters. The number of aliphatic hydroxyl groups is 1. The van der Waals surface area contributed by atoms with Crippen LogP contribution in [0.25, 0.3) is 0 Å². The van der Waals surface area contributed by atoms with E-state index in [4.69, 9.17) is 16.3 Å². The molecule has 31 heavy (non-hydrogen) atoms. The van der Waals surface area contributed by atoms with Crippen LogP contribution < -0.4 is 15.0 Å².